The molecule has 4 nitrogen and oxygen atoms in total. The molecule has 1 aromatic rings. The summed E-state index contributed by atoms with van der Waals surface area (Å²) >= 11 is 0. The predicted molar refractivity (Wildman–Crippen MR) is 64.7 cm³/mol. The van der Waals surface area contributed by atoms with E-state index < -0.39 is 15.3 Å². The lowest BCUT2D eigenvalue weighted by Crippen LogP contribution is -2.29. The number of hydrogen-bond donors (Lipinski definition) is 0. The van der Waals surface area contributed by atoms with Crippen molar-refractivity contribution in [3.63, 3.8) is 0 Å². The highest BCUT2D eigenvalue weighted by molar-refractivity contribution is 7.91. The Morgan fingerprint density at radius 2 is 2.17 bits per heavy atom. The zero-order valence-corrected chi connectivity index (χ0v) is 10.6. The van der Waals surface area contributed by atoms with Gasteiger partial charge >= 0.3 is 0 Å². The van der Waals surface area contributed by atoms with Gasteiger partial charge < -0.3 is 4.74 Å². The van der Waals surface area contributed by atoms with E-state index >= 15 is 0 Å². The van der Waals surface area contributed by atoms with Gasteiger partial charge in [0.15, 0.2) is 9.84 Å². The normalized spacial score (nSPS) is 32.9. The molecule has 2 atom stereocenters. The van der Waals surface area contributed by atoms with E-state index in [0.29, 0.717) is 24.5 Å². The minimum atomic E-state index is -3.25. The molecule has 1 aromatic carbocycles. The van der Waals surface area contributed by atoms with Crippen molar-refractivity contribution < 1.29 is 13.2 Å². The zero-order chi connectivity index (χ0) is 12.8. The lowest BCUT2D eigenvalue weighted by atomic mass is 9.73. The SMILES string of the molecule is N#CC1(C2CS(=O)(=O)c3ccccc32)CCOC1. The molecule has 0 saturated carbocycles. The molecule has 0 radical (unpaired) electrons. The van der Waals surface area contributed by atoms with Gasteiger partial charge in [-0.1, -0.05) is 18.2 Å². The maximum atomic E-state index is 12.1. The Balaban J connectivity index is 2.15. The molecule has 0 N–H and O–H groups in total. The van der Waals surface area contributed by atoms with E-state index in [4.69, 9.17) is 4.74 Å². The Morgan fingerprint density at radius 3 is 2.83 bits per heavy atom. The molecule has 0 bridgehead atoms. The molecular formula is C13H13NO3S. The molecule has 1 saturated heterocycles. The smallest absolute Gasteiger partial charge is 0.179 e. The van der Waals surface area contributed by atoms with Crippen molar-refractivity contribution in [1.82, 2.24) is 0 Å². The van der Waals surface area contributed by atoms with Crippen LogP contribution in [0.1, 0.15) is 17.9 Å². The van der Waals surface area contributed by atoms with E-state index in [9.17, 15) is 13.7 Å². The van der Waals surface area contributed by atoms with Gasteiger partial charge in [0.2, 0.25) is 0 Å². The maximum absolute atomic E-state index is 12.1. The molecule has 0 aromatic heterocycles. The molecule has 94 valence electrons. The van der Waals surface area contributed by atoms with Crippen LogP contribution in [0, 0.1) is 16.7 Å². The third-order valence-corrected chi connectivity index (χ3v) is 5.77. The molecule has 1 fully saturated rings. The number of hydrogen-bond acceptors (Lipinski definition) is 4. The van der Waals surface area contributed by atoms with E-state index in [0.717, 1.165) is 5.56 Å². The number of sulfone groups is 1. The van der Waals surface area contributed by atoms with E-state index in [1.165, 1.54) is 0 Å². The van der Waals surface area contributed by atoms with Crippen molar-refractivity contribution in [1.29, 1.82) is 5.26 Å². The molecule has 18 heavy (non-hydrogen) atoms. The van der Waals surface area contributed by atoms with Crippen molar-refractivity contribution in [2.45, 2.75) is 17.2 Å². The van der Waals surface area contributed by atoms with Crippen molar-refractivity contribution in [3.8, 4) is 6.07 Å². The summed E-state index contributed by atoms with van der Waals surface area (Å²) in [5.41, 5.74) is 0.101. The second kappa shape index (κ2) is 3.81. The van der Waals surface area contributed by atoms with E-state index in [1.54, 1.807) is 12.1 Å². The van der Waals surface area contributed by atoms with Gasteiger partial charge in [0.1, 0.15) is 0 Å². The van der Waals surface area contributed by atoms with E-state index in [-0.39, 0.29) is 11.7 Å². The summed E-state index contributed by atoms with van der Waals surface area (Å²) in [5, 5.41) is 9.45. The van der Waals surface area contributed by atoms with Crippen LogP contribution in [0.5, 0.6) is 0 Å². The summed E-state index contributed by atoms with van der Waals surface area (Å²) in [5.74, 6) is -0.227. The Labute approximate surface area is 106 Å². The summed E-state index contributed by atoms with van der Waals surface area (Å²) in [7, 11) is -3.25. The van der Waals surface area contributed by atoms with Gasteiger partial charge in [-0.15, -0.1) is 0 Å². The van der Waals surface area contributed by atoms with Gasteiger partial charge in [-0.2, -0.15) is 5.26 Å². The number of nitriles is 1. The van der Waals surface area contributed by atoms with Crippen LogP contribution in [0.25, 0.3) is 0 Å². The van der Waals surface area contributed by atoms with Crippen LogP contribution in [-0.4, -0.2) is 27.4 Å². The first-order valence-electron chi connectivity index (χ1n) is 5.90. The van der Waals surface area contributed by atoms with Crippen molar-refractivity contribution in [3.05, 3.63) is 29.8 Å². The van der Waals surface area contributed by atoms with Crippen LogP contribution in [0.3, 0.4) is 0 Å². The molecule has 0 spiro atoms. The first-order valence-corrected chi connectivity index (χ1v) is 7.55. The number of rotatable bonds is 1. The molecule has 5 heteroatoms. The number of nitrogens with zero attached hydrogens (tertiary/aromatic N) is 1. The topological polar surface area (TPSA) is 67.2 Å². The standard InChI is InChI=1S/C13H13NO3S/c14-8-13(5-6-17-9-13)11-7-18(15,16)12-4-2-1-3-10(11)12/h1-4,11H,5-7,9H2. The molecule has 2 aliphatic rings. The van der Waals surface area contributed by atoms with Crippen molar-refractivity contribution in [2.24, 2.45) is 5.41 Å². The van der Waals surface area contributed by atoms with Gasteiger partial charge in [-0.05, 0) is 18.1 Å². The fourth-order valence-electron chi connectivity index (χ4n) is 2.93. The monoisotopic (exact) mass is 263 g/mol. The second-order valence-electron chi connectivity index (χ2n) is 4.94. The van der Waals surface area contributed by atoms with Gasteiger partial charge in [-0.25, -0.2) is 8.42 Å². The number of benzene rings is 1. The summed E-state index contributed by atoms with van der Waals surface area (Å²) in [6.07, 6.45) is 0.609. The molecule has 2 unspecified atom stereocenters. The van der Waals surface area contributed by atoms with E-state index in [1.807, 2.05) is 12.1 Å². The quantitative estimate of drug-likeness (QED) is 0.770. The van der Waals surface area contributed by atoms with Crippen LogP contribution in [0.15, 0.2) is 29.2 Å². The molecule has 3 rings (SSSR count). The van der Waals surface area contributed by atoms with Gasteiger partial charge in [0.05, 0.1) is 28.7 Å². The average Bonchev–Trinajstić information content (AvgIpc) is 2.94. The van der Waals surface area contributed by atoms with Gasteiger partial charge in [0, 0.05) is 12.5 Å². The van der Waals surface area contributed by atoms with Crippen LogP contribution >= 0.6 is 0 Å². The fourth-order valence-corrected chi connectivity index (χ4v) is 4.90. The highest BCUT2D eigenvalue weighted by Crippen LogP contribution is 2.49. The number of ether oxygens (including phenoxy) is 1. The van der Waals surface area contributed by atoms with Crippen LogP contribution < -0.4 is 0 Å². The summed E-state index contributed by atoms with van der Waals surface area (Å²) in [6.45, 7) is 0.865. The molecule has 0 amide bonds. The largest absolute Gasteiger partial charge is 0.380 e. The van der Waals surface area contributed by atoms with Gasteiger partial charge in [0.25, 0.3) is 0 Å². The zero-order valence-electron chi connectivity index (χ0n) is 9.80. The summed E-state index contributed by atoms with van der Waals surface area (Å²) < 4.78 is 29.6. The highest BCUT2D eigenvalue weighted by Gasteiger charge is 2.50. The Kier molecular flexibility index (Phi) is 2.47. The maximum Gasteiger partial charge on any atom is 0.179 e. The average molecular weight is 263 g/mol. The van der Waals surface area contributed by atoms with Crippen LogP contribution in [0.4, 0.5) is 0 Å². The third-order valence-electron chi connectivity index (χ3n) is 3.96. The van der Waals surface area contributed by atoms with Crippen molar-refractivity contribution >= 4 is 9.84 Å². The molecular weight excluding hydrogens is 250 g/mol. The first kappa shape index (κ1) is 11.7. The fraction of sp³-hybridized carbons (Fsp3) is 0.462. The highest BCUT2D eigenvalue weighted by atomic mass is 32.2. The van der Waals surface area contributed by atoms with Crippen LogP contribution in [0.2, 0.25) is 0 Å². The molecule has 0 aliphatic carbocycles. The van der Waals surface area contributed by atoms with Crippen LogP contribution in [-0.2, 0) is 14.6 Å². The van der Waals surface area contributed by atoms with Crippen molar-refractivity contribution in [2.75, 3.05) is 19.0 Å². The lowest BCUT2D eigenvalue weighted by Gasteiger charge is -2.25. The Morgan fingerprint density at radius 1 is 1.39 bits per heavy atom. The third kappa shape index (κ3) is 1.49. The number of fused-ring (bicyclic) bond motifs is 1. The van der Waals surface area contributed by atoms with Gasteiger partial charge in [-0.3, -0.25) is 0 Å². The second-order valence-corrected chi connectivity index (χ2v) is 6.95. The first-order chi connectivity index (χ1) is 8.59. The predicted octanol–water partition coefficient (Wildman–Crippen LogP) is 1.49. The summed E-state index contributed by atoms with van der Waals surface area (Å²) in [4.78, 5) is 0.386. The molecule has 2 aliphatic heterocycles. The molecule has 2 heterocycles. The minimum Gasteiger partial charge on any atom is -0.380 e. The Bertz CT molecular complexity index is 624. The summed E-state index contributed by atoms with van der Waals surface area (Å²) in [6, 6.07) is 9.31. The minimum absolute atomic E-state index is 0.0310. The lowest BCUT2D eigenvalue weighted by molar-refractivity contribution is 0.164. The van der Waals surface area contributed by atoms with E-state index in [2.05, 4.69) is 6.07 Å². The Hall–Kier alpha value is -1.38.